The second-order valence-electron chi connectivity index (χ2n) is 7.58. The number of likely N-dealkylation sites (tertiary alicyclic amines) is 1. The lowest BCUT2D eigenvalue weighted by Gasteiger charge is -2.34. The summed E-state index contributed by atoms with van der Waals surface area (Å²) in [5.74, 6) is -0.587. The van der Waals surface area contributed by atoms with Gasteiger partial charge in [0.1, 0.15) is 0 Å². The van der Waals surface area contributed by atoms with Crippen LogP contribution in [0, 0.1) is 5.92 Å². The van der Waals surface area contributed by atoms with Gasteiger partial charge in [-0.3, -0.25) is 14.4 Å². The molecule has 2 aliphatic heterocycles. The van der Waals surface area contributed by atoms with Crippen LogP contribution in [0.3, 0.4) is 0 Å². The maximum Gasteiger partial charge on any atom is 0.247 e. The van der Waals surface area contributed by atoms with Gasteiger partial charge in [-0.25, -0.2) is 0 Å². The van der Waals surface area contributed by atoms with Crippen LogP contribution in [0.1, 0.15) is 25.3 Å². The lowest BCUT2D eigenvalue weighted by atomic mass is 9.95. The van der Waals surface area contributed by atoms with E-state index >= 15 is 0 Å². The quantitative estimate of drug-likeness (QED) is 0.738. The molecule has 2 heterocycles. The van der Waals surface area contributed by atoms with Gasteiger partial charge in [0.2, 0.25) is 17.7 Å². The van der Waals surface area contributed by atoms with Gasteiger partial charge in [-0.15, -0.1) is 11.8 Å². The molecule has 2 N–H and O–H groups in total. The largest absolute Gasteiger partial charge is 0.341 e. The van der Waals surface area contributed by atoms with Crippen molar-refractivity contribution in [1.29, 1.82) is 0 Å². The van der Waals surface area contributed by atoms with E-state index in [9.17, 15) is 14.4 Å². The van der Waals surface area contributed by atoms with Gasteiger partial charge in [0.15, 0.2) is 5.25 Å². The number of fused-ring (bicyclic) bond motifs is 1. The third-order valence-electron chi connectivity index (χ3n) is 5.69. The summed E-state index contributed by atoms with van der Waals surface area (Å²) in [5, 5.41) is 5.09. The SMILES string of the molecule is CCc1ccccc1NC(=O)C1CCN(C(=O)C2Sc3ccccc3NC2=O)CC1. The molecule has 6 nitrogen and oxygen atoms in total. The van der Waals surface area contributed by atoms with Crippen molar-refractivity contribution >= 4 is 40.9 Å². The van der Waals surface area contributed by atoms with Crippen LogP contribution in [0.4, 0.5) is 11.4 Å². The van der Waals surface area contributed by atoms with E-state index in [4.69, 9.17) is 0 Å². The molecule has 0 bridgehead atoms. The predicted octanol–water partition coefficient (Wildman–Crippen LogP) is 3.54. The minimum absolute atomic E-state index is 0.00158. The zero-order valence-electron chi connectivity index (χ0n) is 16.9. The van der Waals surface area contributed by atoms with E-state index < -0.39 is 5.25 Å². The minimum atomic E-state index is -0.776. The predicted molar refractivity (Wildman–Crippen MR) is 118 cm³/mol. The van der Waals surface area contributed by atoms with Crippen LogP contribution < -0.4 is 10.6 Å². The number of rotatable bonds is 4. The third-order valence-corrected chi connectivity index (χ3v) is 6.95. The molecule has 0 saturated carbocycles. The summed E-state index contributed by atoms with van der Waals surface area (Å²) in [5.41, 5.74) is 2.72. The summed E-state index contributed by atoms with van der Waals surface area (Å²) in [6.07, 6.45) is 2.05. The first-order valence-electron chi connectivity index (χ1n) is 10.3. The van der Waals surface area contributed by atoms with Crippen molar-refractivity contribution in [1.82, 2.24) is 4.90 Å². The number of amides is 3. The molecule has 1 atom stereocenters. The molecule has 0 aromatic heterocycles. The Labute approximate surface area is 180 Å². The minimum Gasteiger partial charge on any atom is -0.341 e. The second kappa shape index (κ2) is 8.92. The average Bonchev–Trinajstić information content (AvgIpc) is 2.78. The number of thioether (sulfide) groups is 1. The van der Waals surface area contributed by atoms with E-state index in [2.05, 4.69) is 17.6 Å². The van der Waals surface area contributed by atoms with Gasteiger partial charge in [-0.1, -0.05) is 37.3 Å². The molecule has 2 aromatic rings. The smallest absolute Gasteiger partial charge is 0.247 e. The second-order valence-corrected chi connectivity index (χ2v) is 8.73. The van der Waals surface area contributed by atoms with Crippen LogP contribution in [0.5, 0.6) is 0 Å². The molecule has 30 heavy (non-hydrogen) atoms. The number of nitrogens with zero attached hydrogens (tertiary/aromatic N) is 1. The van der Waals surface area contributed by atoms with Gasteiger partial charge in [0, 0.05) is 29.6 Å². The Morgan fingerprint density at radius 1 is 1.10 bits per heavy atom. The van der Waals surface area contributed by atoms with Crippen molar-refractivity contribution in [2.45, 2.75) is 36.3 Å². The van der Waals surface area contributed by atoms with Gasteiger partial charge in [0.25, 0.3) is 0 Å². The molecule has 1 unspecified atom stereocenters. The molecular formula is C23H25N3O3S. The average molecular weight is 424 g/mol. The standard InChI is InChI=1S/C23H25N3O3S/c1-2-15-7-3-4-8-17(15)24-21(27)16-11-13-26(14-12-16)23(29)20-22(28)25-18-9-5-6-10-19(18)30-20/h3-10,16,20H,2,11-14H2,1H3,(H,24,27)(H,25,28). The first-order chi connectivity index (χ1) is 14.6. The number of carbonyl (C=O) groups is 3. The molecular weight excluding hydrogens is 398 g/mol. The van der Waals surface area contributed by atoms with Gasteiger partial charge >= 0.3 is 0 Å². The first kappa shape index (κ1) is 20.5. The maximum absolute atomic E-state index is 13.0. The molecule has 3 amide bonds. The topological polar surface area (TPSA) is 78.5 Å². The Balaban J connectivity index is 1.35. The Kier molecular flexibility index (Phi) is 6.08. The highest BCUT2D eigenvalue weighted by molar-refractivity contribution is 8.01. The molecule has 2 aliphatic rings. The van der Waals surface area contributed by atoms with Crippen LogP contribution in [-0.2, 0) is 20.8 Å². The fourth-order valence-corrected chi connectivity index (χ4v) is 5.00. The van der Waals surface area contributed by atoms with Crippen molar-refractivity contribution in [3.8, 4) is 0 Å². The van der Waals surface area contributed by atoms with E-state index in [0.29, 0.717) is 25.9 Å². The fraction of sp³-hybridized carbons (Fsp3) is 0.348. The van der Waals surface area contributed by atoms with Crippen LogP contribution in [0.2, 0.25) is 0 Å². The van der Waals surface area contributed by atoms with Gasteiger partial charge in [-0.05, 0) is 43.0 Å². The molecule has 0 aliphatic carbocycles. The van der Waals surface area contributed by atoms with Gasteiger partial charge in [-0.2, -0.15) is 0 Å². The molecule has 1 saturated heterocycles. The normalized spacial score (nSPS) is 19.0. The molecule has 0 radical (unpaired) electrons. The summed E-state index contributed by atoms with van der Waals surface area (Å²) in [6.45, 7) is 3.03. The van der Waals surface area contributed by atoms with Crippen molar-refractivity contribution in [3.63, 3.8) is 0 Å². The van der Waals surface area contributed by atoms with Crippen LogP contribution in [0.25, 0.3) is 0 Å². The summed E-state index contributed by atoms with van der Waals surface area (Å²) in [6, 6.07) is 15.3. The van der Waals surface area contributed by atoms with Crippen molar-refractivity contribution in [2.24, 2.45) is 5.92 Å². The van der Waals surface area contributed by atoms with Crippen LogP contribution >= 0.6 is 11.8 Å². The van der Waals surface area contributed by atoms with Crippen molar-refractivity contribution in [2.75, 3.05) is 23.7 Å². The van der Waals surface area contributed by atoms with Crippen molar-refractivity contribution in [3.05, 3.63) is 54.1 Å². The zero-order chi connectivity index (χ0) is 21.1. The Morgan fingerprint density at radius 2 is 1.80 bits per heavy atom. The molecule has 1 fully saturated rings. The molecule has 2 aromatic carbocycles. The van der Waals surface area contributed by atoms with Crippen molar-refractivity contribution < 1.29 is 14.4 Å². The van der Waals surface area contributed by atoms with Gasteiger partial charge < -0.3 is 15.5 Å². The monoisotopic (exact) mass is 423 g/mol. The lowest BCUT2D eigenvalue weighted by Crippen LogP contribution is -2.48. The highest BCUT2D eigenvalue weighted by Gasteiger charge is 2.37. The summed E-state index contributed by atoms with van der Waals surface area (Å²) >= 11 is 1.30. The third kappa shape index (κ3) is 4.21. The zero-order valence-corrected chi connectivity index (χ0v) is 17.7. The summed E-state index contributed by atoms with van der Waals surface area (Å²) in [4.78, 5) is 40.7. The van der Waals surface area contributed by atoms with E-state index in [1.165, 1.54) is 11.8 Å². The number of hydrogen-bond donors (Lipinski definition) is 2. The van der Waals surface area contributed by atoms with E-state index in [0.717, 1.165) is 28.3 Å². The van der Waals surface area contributed by atoms with Gasteiger partial charge in [0.05, 0.1) is 5.69 Å². The molecule has 156 valence electrons. The number of aryl methyl sites for hydroxylation is 1. The Hall–Kier alpha value is -2.80. The number of benzene rings is 2. The van der Waals surface area contributed by atoms with Crippen LogP contribution in [0.15, 0.2) is 53.4 Å². The number of nitrogens with one attached hydrogen (secondary N) is 2. The molecule has 7 heteroatoms. The van der Waals surface area contributed by atoms with E-state index in [1.807, 2.05) is 48.5 Å². The summed E-state index contributed by atoms with van der Waals surface area (Å²) in [7, 11) is 0. The highest BCUT2D eigenvalue weighted by Crippen LogP contribution is 2.36. The Bertz CT molecular complexity index is 970. The van der Waals surface area contributed by atoms with Crippen LogP contribution in [-0.4, -0.2) is 41.0 Å². The summed E-state index contributed by atoms with van der Waals surface area (Å²) < 4.78 is 0. The van der Waals surface area contributed by atoms with E-state index in [-0.39, 0.29) is 23.6 Å². The van der Waals surface area contributed by atoms with E-state index in [1.54, 1.807) is 4.90 Å². The lowest BCUT2D eigenvalue weighted by molar-refractivity contribution is -0.136. The number of carbonyl (C=O) groups excluding carboxylic acids is 3. The first-order valence-corrected chi connectivity index (χ1v) is 11.2. The molecule has 4 rings (SSSR count). The number of anilines is 2. The maximum atomic E-state index is 13.0. The highest BCUT2D eigenvalue weighted by atomic mass is 32.2. The molecule has 0 spiro atoms. The fourth-order valence-electron chi connectivity index (χ4n) is 3.93. The number of piperidine rings is 1. The number of para-hydroxylation sites is 2. The number of hydrogen-bond acceptors (Lipinski definition) is 4. The Morgan fingerprint density at radius 3 is 2.57 bits per heavy atom.